The smallest absolute Gasteiger partial charge is 0.333 e. The van der Waals surface area contributed by atoms with E-state index in [-0.39, 0.29) is 18.7 Å². The van der Waals surface area contributed by atoms with Crippen molar-refractivity contribution >= 4 is 22.0 Å². The Morgan fingerprint density at radius 1 is 1.40 bits per heavy atom. The Morgan fingerprint density at radius 3 is 2.55 bits per heavy atom. The van der Waals surface area contributed by atoms with Gasteiger partial charge in [0.25, 0.3) is 0 Å². The number of hydrogen-bond donors (Lipinski definition) is 1. The number of carbonyl (C=O) groups is 1. The molecule has 1 rings (SSSR count). The number of carbonyl (C=O) groups excluding carboxylic acids is 1. The van der Waals surface area contributed by atoms with E-state index in [4.69, 9.17) is 0 Å². The summed E-state index contributed by atoms with van der Waals surface area (Å²) in [7, 11) is 1.43. The van der Waals surface area contributed by atoms with Crippen LogP contribution in [0.5, 0.6) is 0 Å². The molecule has 0 saturated heterocycles. The van der Waals surface area contributed by atoms with Gasteiger partial charge >= 0.3 is 12.2 Å². The van der Waals surface area contributed by atoms with Crippen LogP contribution in [0.25, 0.3) is 0 Å². The van der Waals surface area contributed by atoms with Crippen LogP contribution in [0.2, 0.25) is 0 Å². The van der Waals surface area contributed by atoms with E-state index in [1.807, 2.05) is 0 Å². The zero-order valence-electron chi connectivity index (χ0n) is 10.8. The molecule has 0 aliphatic carbocycles. The molecule has 0 heterocycles. The second kappa shape index (κ2) is 6.78. The summed E-state index contributed by atoms with van der Waals surface area (Å²) in [4.78, 5) is 12.9. The zero-order valence-corrected chi connectivity index (χ0v) is 12.4. The molecule has 110 valence electrons. The Balaban J connectivity index is 2.78. The minimum atomic E-state index is -4.43. The average Bonchev–Trinajstić information content (AvgIpc) is 2.35. The SMILES string of the molecule is C=C(Br)CNC(=O)N(C)Cc1ccccc1C(F)(F)F. The molecule has 2 amide bonds. The van der Waals surface area contributed by atoms with Crippen LogP contribution in [0.1, 0.15) is 11.1 Å². The Morgan fingerprint density at radius 2 is 2.00 bits per heavy atom. The summed E-state index contributed by atoms with van der Waals surface area (Å²) in [5.74, 6) is 0. The first-order chi connectivity index (χ1) is 9.21. The first kappa shape index (κ1) is 16.6. The van der Waals surface area contributed by atoms with Crippen LogP contribution < -0.4 is 5.32 Å². The van der Waals surface area contributed by atoms with E-state index in [1.54, 1.807) is 0 Å². The van der Waals surface area contributed by atoms with Crippen molar-refractivity contribution in [1.82, 2.24) is 10.2 Å². The Labute approximate surface area is 123 Å². The van der Waals surface area contributed by atoms with Gasteiger partial charge in [-0.15, -0.1) is 0 Å². The van der Waals surface area contributed by atoms with E-state index in [1.165, 1.54) is 30.1 Å². The molecule has 0 aliphatic heterocycles. The number of amides is 2. The van der Waals surface area contributed by atoms with Gasteiger partial charge in [-0.1, -0.05) is 40.7 Å². The fourth-order valence-corrected chi connectivity index (χ4v) is 1.71. The van der Waals surface area contributed by atoms with Crippen LogP contribution in [-0.4, -0.2) is 24.5 Å². The first-order valence-electron chi connectivity index (χ1n) is 5.69. The third-order valence-corrected chi connectivity index (χ3v) is 2.79. The van der Waals surface area contributed by atoms with E-state index in [2.05, 4.69) is 27.8 Å². The summed E-state index contributed by atoms with van der Waals surface area (Å²) in [5, 5.41) is 2.52. The second-order valence-electron chi connectivity index (χ2n) is 4.19. The van der Waals surface area contributed by atoms with Gasteiger partial charge in [0.2, 0.25) is 0 Å². The highest BCUT2D eigenvalue weighted by atomic mass is 79.9. The van der Waals surface area contributed by atoms with Crippen LogP contribution in [0.3, 0.4) is 0 Å². The summed E-state index contributed by atoms with van der Waals surface area (Å²) in [6.07, 6.45) is -4.43. The zero-order chi connectivity index (χ0) is 15.3. The van der Waals surface area contributed by atoms with Gasteiger partial charge in [-0.3, -0.25) is 0 Å². The summed E-state index contributed by atoms with van der Waals surface area (Å²) < 4.78 is 39.0. The molecule has 0 radical (unpaired) electrons. The predicted octanol–water partition coefficient (Wildman–Crippen LogP) is 3.76. The van der Waals surface area contributed by atoms with Gasteiger partial charge in [-0.05, 0) is 11.6 Å². The number of alkyl halides is 3. The second-order valence-corrected chi connectivity index (χ2v) is 5.31. The van der Waals surface area contributed by atoms with Crippen LogP contribution in [0.15, 0.2) is 35.3 Å². The van der Waals surface area contributed by atoms with Gasteiger partial charge in [-0.25, -0.2) is 4.79 Å². The maximum Gasteiger partial charge on any atom is 0.416 e. The van der Waals surface area contributed by atoms with Crippen molar-refractivity contribution in [1.29, 1.82) is 0 Å². The molecule has 0 unspecified atom stereocenters. The molecule has 0 spiro atoms. The van der Waals surface area contributed by atoms with E-state index in [0.29, 0.717) is 4.48 Å². The lowest BCUT2D eigenvalue weighted by Crippen LogP contribution is -2.37. The maximum absolute atomic E-state index is 12.8. The molecule has 0 atom stereocenters. The highest BCUT2D eigenvalue weighted by molar-refractivity contribution is 9.11. The number of urea groups is 1. The van der Waals surface area contributed by atoms with Gasteiger partial charge in [0, 0.05) is 18.1 Å². The molecule has 1 aromatic carbocycles. The fraction of sp³-hybridized carbons (Fsp3) is 0.308. The van der Waals surface area contributed by atoms with Gasteiger partial charge in [-0.2, -0.15) is 13.2 Å². The Hall–Kier alpha value is -1.50. The fourth-order valence-electron chi connectivity index (χ4n) is 1.57. The monoisotopic (exact) mass is 350 g/mol. The summed E-state index contributed by atoms with van der Waals surface area (Å²) in [6, 6.07) is 4.72. The summed E-state index contributed by atoms with van der Waals surface area (Å²) in [5.41, 5.74) is -0.681. The lowest BCUT2D eigenvalue weighted by atomic mass is 10.1. The normalized spacial score (nSPS) is 11.1. The molecule has 0 saturated carbocycles. The number of halogens is 4. The Kier molecular flexibility index (Phi) is 5.62. The average molecular weight is 351 g/mol. The van der Waals surface area contributed by atoms with E-state index >= 15 is 0 Å². The van der Waals surface area contributed by atoms with E-state index in [0.717, 1.165) is 6.07 Å². The molecule has 0 aliphatic rings. The Bertz CT molecular complexity index is 503. The number of hydrogen-bond acceptors (Lipinski definition) is 1. The van der Waals surface area contributed by atoms with Crippen LogP contribution in [-0.2, 0) is 12.7 Å². The molecule has 7 heteroatoms. The van der Waals surface area contributed by atoms with Crippen LogP contribution in [0.4, 0.5) is 18.0 Å². The molecular formula is C13H14BrF3N2O. The number of rotatable bonds is 4. The van der Waals surface area contributed by atoms with Crippen molar-refractivity contribution in [3.05, 3.63) is 46.5 Å². The quantitative estimate of drug-likeness (QED) is 0.880. The third-order valence-electron chi connectivity index (χ3n) is 2.51. The predicted molar refractivity (Wildman–Crippen MR) is 74.4 cm³/mol. The lowest BCUT2D eigenvalue weighted by molar-refractivity contribution is -0.138. The number of benzene rings is 1. The molecular weight excluding hydrogens is 337 g/mol. The highest BCUT2D eigenvalue weighted by Gasteiger charge is 2.33. The van der Waals surface area contributed by atoms with Crippen molar-refractivity contribution in [2.75, 3.05) is 13.6 Å². The molecule has 1 N–H and O–H groups in total. The summed E-state index contributed by atoms with van der Waals surface area (Å²) >= 11 is 3.08. The first-order valence-corrected chi connectivity index (χ1v) is 6.48. The standard InChI is InChI=1S/C13H14BrF3N2O/c1-9(14)7-18-12(20)19(2)8-10-5-3-4-6-11(10)13(15,16)17/h3-6H,1,7-8H2,2H3,(H,18,20). The van der Waals surface area contributed by atoms with Gasteiger partial charge in [0.15, 0.2) is 0 Å². The van der Waals surface area contributed by atoms with Crippen molar-refractivity contribution in [2.24, 2.45) is 0 Å². The van der Waals surface area contributed by atoms with Crippen molar-refractivity contribution in [3.8, 4) is 0 Å². The number of nitrogens with one attached hydrogen (secondary N) is 1. The molecule has 1 aromatic rings. The third kappa shape index (κ3) is 4.88. The highest BCUT2D eigenvalue weighted by Crippen LogP contribution is 2.32. The van der Waals surface area contributed by atoms with Crippen molar-refractivity contribution in [3.63, 3.8) is 0 Å². The molecule has 0 fully saturated rings. The molecule has 0 aromatic heterocycles. The van der Waals surface area contributed by atoms with Gasteiger partial charge < -0.3 is 10.2 Å². The minimum absolute atomic E-state index is 0.0512. The lowest BCUT2D eigenvalue weighted by Gasteiger charge is -2.20. The topological polar surface area (TPSA) is 32.3 Å². The van der Waals surface area contributed by atoms with Crippen LogP contribution in [0, 0.1) is 0 Å². The van der Waals surface area contributed by atoms with Gasteiger partial charge in [0.05, 0.1) is 12.1 Å². The van der Waals surface area contributed by atoms with Crippen LogP contribution >= 0.6 is 15.9 Å². The molecule has 20 heavy (non-hydrogen) atoms. The minimum Gasteiger partial charge on any atom is -0.333 e. The van der Waals surface area contributed by atoms with E-state index < -0.39 is 17.8 Å². The van der Waals surface area contributed by atoms with Crippen molar-refractivity contribution < 1.29 is 18.0 Å². The number of nitrogens with zero attached hydrogens (tertiary/aromatic N) is 1. The van der Waals surface area contributed by atoms with E-state index in [9.17, 15) is 18.0 Å². The van der Waals surface area contributed by atoms with Crippen molar-refractivity contribution in [2.45, 2.75) is 12.7 Å². The van der Waals surface area contributed by atoms with Gasteiger partial charge in [0.1, 0.15) is 0 Å². The molecule has 3 nitrogen and oxygen atoms in total. The maximum atomic E-state index is 12.8. The summed E-state index contributed by atoms with van der Waals surface area (Å²) in [6.45, 7) is 3.64. The molecule has 0 bridgehead atoms. The largest absolute Gasteiger partial charge is 0.416 e.